The van der Waals surface area contributed by atoms with Crippen LogP contribution in [0.4, 0.5) is 5.69 Å². The average molecular weight is 290 g/mol. The second-order valence-electron chi connectivity index (χ2n) is 5.10. The van der Waals surface area contributed by atoms with E-state index in [2.05, 4.69) is 5.32 Å². The van der Waals surface area contributed by atoms with Gasteiger partial charge >= 0.3 is 0 Å². The number of hydrogen-bond donors (Lipinski definition) is 1. The molecule has 0 spiro atoms. The second-order valence-corrected chi connectivity index (χ2v) is 5.10. The third kappa shape index (κ3) is 3.54. The molecule has 1 aromatic rings. The van der Waals surface area contributed by atoms with Gasteiger partial charge in [-0.1, -0.05) is 19.1 Å². The Hall–Kier alpha value is -2.04. The highest BCUT2D eigenvalue weighted by atomic mass is 16.5. The fourth-order valence-electron chi connectivity index (χ4n) is 2.47. The number of para-hydroxylation sites is 2. The van der Waals surface area contributed by atoms with E-state index in [0.29, 0.717) is 25.4 Å². The van der Waals surface area contributed by atoms with Crippen molar-refractivity contribution in [2.45, 2.75) is 26.7 Å². The molecule has 1 aliphatic rings. The standard InChI is InChI=1S/C16H22N2O3/c1-3-9-17-16(20)12-10-15(19)18(11-12)13-7-5-6-8-14(13)21-4-2/h5-8,12H,3-4,9-11H2,1-2H3,(H,17,20). The number of carbonyl (C=O) groups excluding carboxylic acids is 2. The molecule has 5 nitrogen and oxygen atoms in total. The predicted octanol–water partition coefficient (Wildman–Crippen LogP) is 1.96. The number of carbonyl (C=O) groups is 2. The van der Waals surface area contributed by atoms with Crippen molar-refractivity contribution >= 4 is 17.5 Å². The lowest BCUT2D eigenvalue weighted by atomic mass is 10.1. The first-order chi connectivity index (χ1) is 10.2. The van der Waals surface area contributed by atoms with Gasteiger partial charge in [0.25, 0.3) is 0 Å². The number of hydrogen-bond acceptors (Lipinski definition) is 3. The molecule has 0 radical (unpaired) electrons. The Morgan fingerprint density at radius 3 is 2.86 bits per heavy atom. The van der Waals surface area contributed by atoms with Gasteiger partial charge in [0.05, 0.1) is 18.2 Å². The Morgan fingerprint density at radius 1 is 1.38 bits per heavy atom. The molecule has 0 saturated carbocycles. The lowest BCUT2D eigenvalue weighted by molar-refractivity contribution is -0.126. The summed E-state index contributed by atoms with van der Waals surface area (Å²) in [5.41, 5.74) is 0.746. The molecule has 1 aromatic carbocycles. The molecule has 0 aromatic heterocycles. The largest absolute Gasteiger partial charge is 0.492 e. The van der Waals surface area contributed by atoms with E-state index in [1.807, 2.05) is 38.1 Å². The van der Waals surface area contributed by atoms with Gasteiger partial charge in [0.15, 0.2) is 0 Å². The van der Waals surface area contributed by atoms with E-state index < -0.39 is 0 Å². The highest BCUT2D eigenvalue weighted by molar-refractivity contribution is 6.01. The Balaban J connectivity index is 2.11. The van der Waals surface area contributed by atoms with Crippen LogP contribution >= 0.6 is 0 Å². The summed E-state index contributed by atoms with van der Waals surface area (Å²) in [6.07, 6.45) is 1.15. The second kappa shape index (κ2) is 7.11. The summed E-state index contributed by atoms with van der Waals surface area (Å²) in [6, 6.07) is 7.45. The smallest absolute Gasteiger partial charge is 0.227 e. The minimum Gasteiger partial charge on any atom is -0.492 e. The quantitative estimate of drug-likeness (QED) is 0.871. The summed E-state index contributed by atoms with van der Waals surface area (Å²) in [5.74, 6) is 0.335. The number of rotatable bonds is 6. The van der Waals surface area contributed by atoms with Crippen LogP contribution in [0.5, 0.6) is 5.75 Å². The molecule has 1 N–H and O–H groups in total. The van der Waals surface area contributed by atoms with Crippen molar-refractivity contribution in [2.24, 2.45) is 5.92 Å². The maximum atomic E-state index is 12.2. The fraction of sp³-hybridized carbons (Fsp3) is 0.500. The van der Waals surface area contributed by atoms with Crippen molar-refractivity contribution in [3.05, 3.63) is 24.3 Å². The lowest BCUT2D eigenvalue weighted by Crippen LogP contribution is -2.33. The molecule has 1 fully saturated rings. The number of benzene rings is 1. The number of nitrogens with zero attached hydrogens (tertiary/aromatic N) is 1. The van der Waals surface area contributed by atoms with Crippen molar-refractivity contribution < 1.29 is 14.3 Å². The van der Waals surface area contributed by atoms with Gasteiger partial charge in [0.2, 0.25) is 11.8 Å². The topological polar surface area (TPSA) is 58.6 Å². The van der Waals surface area contributed by atoms with Crippen molar-refractivity contribution in [2.75, 3.05) is 24.6 Å². The van der Waals surface area contributed by atoms with E-state index in [1.54, 1.807) is 4.90 Å². The van der Waals surface area contributed by atoms with Crippen LogP contribution in [0.3, 0.4) is 0 Å². The summed E-state index contributed by atoms with van der Waals surface area (Å²) in [4.78, 5) is 25.9. The predicted molar refractivity (Wildman–Crippen MR) is 81.4 cm³/mol. The third-order valence-electron chi connectivity index (χ3n) is 3.50. The van der Waals surface area contributed by atoms with Gasteiger partial charge < -0.3 is 15.0 Å². The van der Waals surface area contributed by atoms with E-state index in [-0.39, 0.29) is 24.2 Å². The molecule has 2 amide bonds. The SMILES string of the molecule is CCCNC(=O)C1CC(=O)N(c2ccccc2OCC)C1. The number of anilines is 1. The molecular formula is C16H22N2O3. The van der Waals surface area contributed by atoms with Gasteiger partial charge in [-0.25, -0.2) is 0 Å². The van der Waals surface area contributed by atoms with Crippen LogP contribution in [-0.2, 0) is 9.59 Å². The molecule has 114 valence electrons. The molecule has 0 aliphatic carbocycles. The summed E-state index contributed by atoms with van der Waals surface area (Å²) >= 11 is 0. The average Bonchev–Trinajstić information content (AvgIpc) is 2.87. The summed E-state index contributed by atoms with van der Waals surface area (Å²) in [7, 11) is 0. The van der Waals surface area contributed by atoms with Gasteiger partial charge in [-0.2, -0.15) is 0 Å². The highest BCUT2D eigenvalue weighted by Gasteiger charge is 2.35. The highest BCUT2D eigenvalue weighted by Crippen LogP contribution is 2.33. The molecular weight excluding hydrogens is 268 g/mol. The van der Waals surface area contributed by atoms with Gasteiger partial charge in [0, 0.05) is 19.5 Å². The van der Waals surface area contributed by atoms with Crippen LogP contribution in [0.1, 0.15) is 26.7 Å². The molecule has 1 saturated heterocycles. The van der Waals surface area contributed by atoms with Crippen molar-refractivity contribution in [3.8, 4) is 5.75 Å². The van der Waals surface area contributed by atoms with Crippen LogP contribution in [0.25, 0.3) is 0 Å². The number of ether oxygens (including phenoxy) is 1. The molecule has 0 bridgehead atoms. The van der Waals surface area contributed by atoms with Gasteiger partial charge in [-0.05, 0) is 25.5 Å². The Kier molecular flexibility index (Phi) is 5.20. The van der Waals surface area contributed by atoms with Crippen molar-refractivity contribution in [1.29, 1.82) is 0 Å². The maximum absolute atomic E-state index is 12.2. The number of nitrogens with one attached hydrogen (secondary N) is 1. The van der Waals surface area contributed by atoms with Crippen LogP contribution in [0, 0.1) is 5.92 Å². The third-order valence-corrected chi connectivity index (χ3v) is 3.50. The Labute approximate surface area is 125 Å². The first-order valence-electron chi connectivity index (χ1n) is 7.47. The molecule has 1 heterocycles. The van der Waals surface area contributed by atoms with E-state index in [4.69, 9.17) is 4.74 Å². The first-order valence-corrected chi connectivity index (χ1v) is 7.47. The van der Waals surface area contributed by atoms with Crippen LogP contribution in [0.15, 0.2) is 24.3 Å². The van der Waals surface area contributed by atoms with Crippen molar-refractivity contribution in [3.63, 3.8) is 0 Å². The summed E-state index contributed by atoms with van der Waals surface area (Å²) < 4.78 is 5.56. The normalized spacial score (nSPS) is 17.9. The van der Waals surface area contributed by atoms with Crippen LogP contribution in [-0.4, -0.2) is 31.5 Å². The fourth-order valence-corrected chi connectivity index (χ4v) is 2.47. The molecule has 1 atom stereocenters. The van der Waals surface area contributed by atoms with E-state index in [1.165, 1.54) is 0 Å². The van der Waals surface area contributed by atoms with Crippen molar-refractivity contribution in [1.82, 2.24) is 5.32 Å². The van der Waals surface area contributed by atoms with Gasteiger partial charge in [-0.3, -0.25) is 9.59 Å². The van der Waals surface area contributed by atoms with Gasteiger partial charge in [0.1, 0.15) is 5.75 Å². The lowest BCUT2D eigenvalue weighted by Gasteiger charge is -2.20. The van der Waals surface area contributed by atoms with Crippen LogP contribution in [0.2, 0.25) is 0 Å². The molecule has 2 rings (SSSR count). The summed E-state index contributed by atoms with van der Waals surface area (Å²) in [6.45, 7) is 5.52. The first kappa shape index (κ1) is 15.4. The summed E-state index contributed by atoms with van der Waals surface area (Å²) in [5, 5.41) is 2.86. The number of amides is 2. The zero-order chi connectivity index (χ0) is 15.2. The monoisotopic (exact) mass is 290 g/mol. The maximum Gasteiger partial charge on any atom is 0.227 e. The Morgan fingerprint density at radius 2 is 2.14 bits per heavy atom. The van der Waals surface area contributed by atoms with E-state index >= 15 is 0 Å². The molecule has 21 heavy (non-hydrogen) atoms. The zero-order valence-electron chi connectivity index (χ0n) is 12.6. The molecule has 1 unspecified atom stereocenters. The zero-order valence-corrected chi connectivity index (χ0v) is 12.6. The van der Waals surface area contributed by atoms with Gasteiger partial charge in [-0.15, -0.1) is 0 Å². The minimum atomic E-state index is -0.279. The van der Waals surface area contributed by atoms with E-state index in [9.17, 15) is 9.59 Å². The molecule has 5 heteroatoms. The van der Waals surface area contributed by atoms with Crippen LogP contribution < -0.4 is 15.0 Å². The minimum absolute atomic E-state index is 0.0289. The van der Waals surface area contributed by atoms with E-state index in [0.717, 1.165) is 12.1 Å². The Bertz CT molecular complexity index is 516. The molecule has 1 aliphatic heterocycles.